The summed E-state index contributed by atoms with van der Waals surface area (Å²) in [5.74, 6) is -0.590. The third-order valence-corrected chi connectivity index (χ3v) is 2.63. The minimum absolute atomic E-state index is 0.118. The summed E-state index contributed by atoms with van der Waals surface area (Å²) >= 11 is 0. The van der Waals surface area contributed by atoms with Gasteiger partial charge in [-0.3, -0.25) is 10.1 Å². The molecule has 0 spiro atoms. The van der Waals surface area contributed by atoms with Gasteiger partial charge in [0.25, 0.3) is 5.69 Å². The van der Waals surface area contributed by atoms with E-state index in [1.165, 1.54) is 25.3 Å². The third kappa shape index (κ3) is 3.19. The van der Waals surface area contributed by atoms with Crippen LogP contribution in [-0.4, -0.2) is 24.0 Å². The van der Waals surface area contributed by atoms with Crippen LogP contribution < -0.4 is 5.32 Å². The third-order valence-electron chi connectivity index (χ3n) is 2.63. The highest BCUT2D eigenvalue weighted by atomic mass is 16.6. The lowest BCUT2D eigenvalue weighted by Crippen LogP contribution is -2.15. The predicted octanol–water partition coefficient (Wildman–Crippen LogP) is 2.59. The molecule has 1 rings (SSSR count). The van der Waals surface area contributed by atoms with E-state index in [4.69, 9.17) is 0 Å². The number of anilines is 1. The van der Waals surface area contributed by atoms with Crippen LogP contribution in [0.25, 0.3) is 0 Å². The van der Waals surface area contributed by atoms with E-state index < -0.39 is 10.9 Å². The predicted molar refractivity (Wildman–Crippen MR) is 67.8 cm³/mol. The highest BCUT2D eigenvalue weighted by Crippen LogP contribution is 2.26. The Bertz CT molecular complexity index is 459. The summed E-state index contributed by atoms with van der Waals surface area (Å²) in [5.41, 5.74) is 0.444. The second kappa shape index (κ2) is 6.00. The number of esters is 1. The van der Waals surface area contributed by atoms with Crippen LogP contribution in [0.15, 0.2) is 18.2 Å². The zero-order chi connectivity index (χ0) is 13.7. The summed E-state index contributed by atoms with van der Waals surface area (Å²) in [4.78, 5) is 21.8. The van der Waals surface area contributed by atoms with E-state index in [0.29, 0.717) is 5.69 Å². The van der Waals surface area contributed by atoms with Gasteiger partial charge in [0, 0.05) is 12.1 Å². The zero-order valence-electron chi connectivity index (χ0n) is 10.6. The van der Waals surface area contributed by atoms with Crippen LogP contribution in [0.3, 0.4) is 0 Å². The van der Waals surface area contributed by atoms with Gasteiger partial charge in [0.1, 0.15) is 5.69 Å². The number of carbonyl (C=O) groups excluding carboxylic acids is 1. The van der Waals surface area contributed by atoms with E-state index in [1.54, 1.807) is 0 Å². The van der Waals surface area contributed by atoms with Crippen molar-refractivity contribution in [1.29, 1.82) is 0 Å². The average Bonchev–Trinajstić information content (AvgIpc) is 2.37. The molecule has 6 heteroatoms. The maximum Gasteiger partial charge on any atom is 0.338 e. The largest absolute Gasteiger partial charge is 0.465 e. The van der Waals surface area contributed by atoms with Crippen LogP contribution in [0.4, 0.5) is 11.4 Å². The quantitative estimate of drug-likeness (QED) is 0.495. The first kappa shape index (κ1) is 14.0. The van der Waals surface area contributed by atoms with Crippen LogP contribution in [0.1, 0.15) is 30.6 Å². The van der Waals surface area contributed by atoms with Crippen molar-refractivity contribution >= 4 is 17.3 Å². The summed E-state index contributed by atoms with van der Waals surface area (Å²) in [5, 5.41) is 14.0. The smallest absolute Gasteiger partial charge is 0.338 e. The van der Waals surface area contributed by atoms with Gasteiger partial charge in [-0.15, -0.1) is 0 Å². The fraction of sp³-hybridized carbons (Fsp3) is 0.417. The minimum Gasteiger partial charge on any atom is -0.465 e. The van der Waals surface area contributed by atoms with Crippen LogP contribution in [0.5, 0.6) is 0 Å². The lowest BCUT2D eigenvalue weighted by atomic mass is 10.1. The summed E-state index contributed by atoms with van der Waals surface area (Å²) in [6.45, 7) is 3.91. The Balaban J connectivity index is 3.12. The molecule has 1 aromatic rings. The monoisotopic (exact) mass is 252 g/mol. The van der Waals surface area contributed by atoms with E-state index >= 15 is 0 Å². The molecule has 1 atom stereocenters. The van der Waals surface area contributed by atoms with Gasteiger partial charge in [0.15, 0.2) is 0 Å². The molecule has 0 amide bonds. The van der Waals surface area contributed by atoms with Crippen LogP contribution in [0.2, 0.25) is 0 Å². The molecule has 0 aliphatic heterocycles. The van der Waals surface area contributed by atoms with Crippen LogP contribution in [-0.2, 0) is 4.74 Å². The summed E-state index contributed by atoms with van der Waals surface area (Å²) in [7, 11) is 1.24. The minimum atomic E-state index is -0.590. The first-order valence-corrected chi connectivity index (χ1v) is 5.62. The van der Waals surface area contributed by atoms with Crippen molar-refractivity contribution in [3.63, 3.8) is 0 Å². The number of nitrogens with zero attached hydrogens (tertiary/aromatic N) is 1. The van der Waals surface area contributed by atoms with Gasteiger partial charge in [0.05, 0.1) is 17.6 Å². The molecule has 1 aromatic carbocycles. The molecule has 0 radical (unpaired) electrons. The second-order valence-corrected chi connectivity index (χ2v) is 3.93. The second-order valence-electron chi connectivity index (χ2n) is 3.93. The number of ether oxygens (including phenoxy) is 1. The highest BCUT2D eigenvalue weighted by Gasteiger charge is 2.18. The van der Waals surface area contributed by atoms with Crippen molar-refractivity contribution in [2.45, 2.75) is 26.3 Å². The molecule has 0 aliphatic carbocycles. The molecule has 6 nitrogen and oxygen atoms in total. The Kier molecular flexibility index (Phi) is 4.65. The molecule has 0 fully saturated rings. The molecule has 0 saturated carbocycles. The number of hydrogen-bond donors (Lipinski definition) is 1. The number of carbonyl (C=O) groups is 1. The zero-order valence-corrected chi connectivity index (χ0v) is 10.6. The van der Waals surface area contributed by atoms with Crippen molar-refractivity contribution < 1.29 is 14.5 Å². The Morgan fingerprint density at radius 3 is 2.72 bits per heavy atom. The number of methoxy groups -OCH3 is 1. The Morgan fingerprint density at radius 1 is 1.56 bits per heavy atom. The maximum absolute atomic E-state index is 11.3. The Hall–Kier alpha value is -2.11. The number of nitro benzene ring substituents is 1. The number of benzene rings is 1. The van der Waals surface area contributed by atoms with Crippen molar-refractivity contribution in [2.24, 2.45) is 0 Å². The van der Waals surface area contributed by atoms with Gasteiger partial charge in [-0.2, -0.15) is 0 Å². The van der Waals surface area contributed by atoms with E-state index in [-0.39, 0.29) is 17.3 Å². The van der Waals surface area contributed by atoms with Crippen molar-refractivity contribution in [2.75, 3.05) is 12.4 Å². The summed E-state index contributed by atoms with van der Waals surface area (Å²) in [6, 6.07) is 4.36. The number of hydrogen-bond acceptors (Lipinski definition) is 5. The van der Waals surface area contributed by atoms with E-state index in [0.717, 1.165) is 6.42 Å². The van der Waals surface area contributed by atoms with Gasteiger partial charge in [0.2, 0.25) is 0 Å². The van der Waals surface area contributed by atoms with Crippen molar-refractivity contribution in [1.82, 2.24) is 0 Å². The fourth-order valence-corrected chi connectivity index (χ4v) is 1.42. The molecule has 98 valence electrons. The highest BCUT2D eigenvalue weighted by molar-refractivity contribution is 5.91. The molecule has 0 aliphatic rings. The summed E-state index contributed by atoms with van der Waals surface area (Å²) in [6.07, 6.45) is 0.843. The summed E-state index contributed by atoms with van der Waals surface area (Å²) < 4.78 is 4.53. The van der Waals surface area contributed by atoms with Gasteiger partial charge in [-0.25, -0.2) is 4.79 Å². The molecule has 0 bridgehead atoms. The Labute approximate surface area is 105 Å². The van der Waals surface area contributed by atoms with Crippen molar-refractivity contribution in [3.8, 4) is 0 Å². The first-order valence-electron chi connectivity index (χ1n) is 5.62. The normalized spacial score (nSPS) is 11.7. The fourth-order valence-electron chi connectivity index (χ4n) is 1.42. The van der Waals surface area contributed by atoms with E-state index in [1.807, 2.05) is 13.8 Å². The van der Waals surface area contributed by atoms with E-state index in [2.05, 4.69) is 10.1 Å². The van der Waals surface area contributed by atoms with Gasteiger partial charge >= 0.3 is 5.97 Å². The molecule has 1 unspecified atom stereocenters. The molecule has 18 heavy (non-hydrogen) atoms. The first-order chi connectivity index (χ1) is 8.49. The average molecular weight is 252 g/mol. The molecular weight excluding hydrogens is 236 g/mol. The lowest BCUT2D eigenvalue weighted by Gasteiger charge is -2.13. The number of rotatable bonds is 5. The topological polar surface area (TPSA) is 81.5 Å². The molecule has 1 N–H and O–H groups in total. The lowest BCUT2D eigenvalue weighted by molar-refractivity contribution is -0.384. The van der Waals surface area contributed by atoms with Crippen LogP contribution >= 0.6 is 0 Å². The van der Waals surface area contributed by atoms with Gasteiger partial charge in [-0.05, 0) is 25.5 Å². The molecule has 0 heterocycles. The van der Waals surface area contributed by atoms with Gasteiger partial charge < -0.3 is 10.1 Å². The molecule has 0 aromatic heterocycles. The molecule has 0 saturated heterocycles. The van der Waals surface area contributed by atoms with E-state index in [9.17, 15) is 14.9 Å². The Morgan fingerprint density at radius 2 is 2.22 bits per heavy atom. The van der Waals surface area contributed by atoms with Gasteiger partial charge in [-0.1, -0.05) is 6.92 Å². The van der Waals surface area contributed by atoms with Crippen molar-refractivity contribution in [3.05, 3.63) is 33.9 Å². The number of nitro groups is 1. The molecular formula is C12H16N2O4. The number of nitrogens with one attached hydrogen (secondary N) is 1. The SMILES string of the molecule is CCC(C)Nc1ccc(C(=O)OC)cc1[N+](=O)[O-]. The standard InChI is InChI=1S/C12H16N2O4/c1-4-8(2)13-10-6-5-9(12(15)18-3)7-11(10)14(16)17/h5-8,13H,4H2,1-3H3. The van der Waals surface area contributed by atoms with Crippen LogP contribution in [0, 0.1) is 10.1 Å². The maximum atomic E-state index is 11.3.